The fourth-order valence-corrected chi connectivity index (χ4v) is 3.75. The molecule has 2 bridgehead atoms. The highest BCUT2D eigenvalue weighted by Gasteiger charge is 2.59. The molecule has 0 unspecified atom stereocenters. The number of anilines is 1. The van der Waals surface area contributed by atoms with Crippen molar-refractivity contribution in [3.63, 3.8) is 0 Å². The van der Waals surface area contributed by atoms with Gasteiger partial charge in [-0.2, -0.15) is 0 Å². The van der Waals surface area contributed by atoms with Crippen molar-refractivity contribution in [2.75, 3.05) is 12.0 Å². The summed E-state index contributed by atoms with van der Waals surface area (Å²) in [5.74, 6) is 0.903. The third-order valence-electron chi connectivity index (χ3n) is 4.64. The molecule has 1 saturated heterocycles. The summed E-state index contributed by atoms with van der Waals surface area (Å²) in [5.41, 5.74) is 0. The lowest BCUT2D eigenvalue weighted by molar-refractivity contribution is -0.140. The van der Waals surface area contributed by atoms with Gasteiger partial charge in [0.2, 0.25) is 11.8 Å². The minimum Gasteiger partial charge on any atom is -0.352 e. The summed E-state index contributed by atoms with van der Waals surface area (Å²) >= 11 is 0. The van der Waals surface area contributed by atoms with E-state index >= 15 is 0 Å². The molecule has 1 aliphatic heterocycles. The van der Waals surface area contributed by atoms with Crippen LogP contribution in [0.3, 0.4) is 0 Å². The number of hydrogen-bond donors (Lipinski definition) is 1. The van der Waals surface area contributed by atoms with Crippen molar-refractivity contribution in [2.24, 2.45) is 23.7 Å². The number of rotatable bonds is 3. The molecule has 2 aliphatic carbocycles. The van der Waals surface area contributed by atoms with E-state index in [2.05, 4.69) is 22.5 Å². The molecular formula is C15H15N3O2. The highest BCUT2D eigenvalue weighted by atomic mass is 16.2. The average molecular weight is 269 g/mol. The van der Waals surface area contributed by atoms with Gasteiger partial charge in [-0.05, 0) is 30.4 Å². The highest BCUT2D eigenvalue weighted by molar-refractivity contribution is 6.06. The van der Waals surface area contributed by atoms with Gasteiger partial charge in [0.05, 0.1) is 18.5 Å². The smallest absolute Gasteiger partial charge is 0.235 e. The Kier molecular flexibility index (Phi) is 2.42. The number of nitrogens with one attached hydrogen (secondary N) is 1. The molecule has 3 aliphatic rings. The molecule has 0 spiro atoms. The number of carbonyl (C=O) groups excluding carboxylic acids is 2. The predicted octanol–water partition coefficient (Wildman–Crippen LogP) is 1.26. The molecule has 4 rings (SSSR count). The zero-order valence-electron chi connectivity index (χ0n) is 10.9. The summed E-state index contributed by atoms with van der Waals surface area (Å²) in [5, 5.41) is 3.04. The standard InChI is InChI=1S/C15H15N3O2/c19-14-12-9-4-5-10(7-9)13(12)15(20)18(14)8-17-11-3-1-2-6-16-11/h1-6,9-10,12-13H,7-8H2,(H,16,17)/t9-,10-,12+,13+/m0/s1. The van der Waals surface area contributed by atoms with Crippen molar-refractivity contribution in [3.8, 4) is 0 Å². The number of hydrogen-bond acceptors (Lipinski definition) is 4. The number of pyridine rings is 1. The van der Waals surface area contributed by atoms with E-state index < -0.39 is 0 Å². The lowest BCUT2D eigenvalue weighted by Crippen LogP contribution is -2.37. The van der Waals surface area contributed by atoms with Crippen LogP contribution in [-0.2, 0) is 9.59 Å². The van der Waals surface area contributed by atoms with Crippen LogP contribution in [0.1, 0.15) is 6.42 Å². The van der Waals surface area contributed by atoms with E-state index in [0.717, 1.165) is 6.42 Å². The van der Waals surface area contributed by atoms with Crippen LogP contribution in [-0.4, -0.2) is 28.4 Å². The van der Waals surface area contributed by atoms with E-state index in [4.69, 9.17) is 0 Å². The first-order chi connectivity index (χ1) is 9.75. The van der Waals surface area contributed by atoms with Gasteiger partial charge in [0.25, 0.3) is 0 Å². The fourth-order valence-electron chi connectivity index (χ4n) is 3.75. The zero-order chi connectivity index (χ0) is 13.7. The van der Waals surface area contributed by atoms with Crippen LogP contribution in [0.25, 0.3) is 0 Å². The van der Waals surface area contributed by atoms with Crippen molar-refractivity contribution >= 4 is 17.6 Å². The van der Waals surface area contributed by atoms with Gasteiger partial charge in [-0.1, -0.05) is 18.2 Å². The summed E-state index contributed by atoms with van der Waals surface area (Å²) in [4.78, 5) is 30.3. The number of nitrogens with zero attached hydrogens (tertiary/aromatic N) is 2. The maximum atomic E-state index is 12.4. The van der Waals surface area contributed by atoms with Crippen LogP contribution < -0.4 is 5.32 Å². The number of amides is 2. The second-order valence-corrected chi connectivity index (χ2v) is 5.65. The molecule has 1 aromatic rings. The van der Waals surface area contributed by atoms with Gasteiger partial charge in [0, 0.05) is 6.20 Å². The number of aromatic nitrogens is 1. The minimum absolute atomic E-state index is 0.0275. The lowest BCUT2D eigenvalue weighted by atomic mass is 9.85. The summed E-state index contributed by atoms with van der Waals surface area (Å²) in [7, 11) is 0. The maximum absolute atomic E-state index is 12.4. The number of likely N-dealkylation sites (tertiary alicyclic amines) is 1. The van der Waals surface area contributed by atoms with Gasteiger partial charge in [-0.25, -0.2) is 4.98 Å². The minimum atomic E-state index is -0.122. The molecule has 20 heavy (non-hydrogen) atoms. The van der Waals surface area contributed by atoms with Crippen LogP contribution in [0.15, 0.2) is 36.5 Å². The normalized spacial score (nSPS) is 33.9. The molecule has 2 amide bonds. The zero-order valence-corrected chi connectivity index (χ0v) is 10.9. The first-order valence-electron chi connectivity index (χ1n) is 6.94. The van der Waals surface area contributed by atoms with Gasteiger partial charge in [0.1, 0.15) is 5.82 Å². The Morgan fingerprint density at radius 3 is 2.45 bits per heavy atom. The van der Waals surface area contributed by atoms with E-state index in [1.807, 2.05) is 18.2 Å². The molecule has 5 nitrogen and oxygen atoms in total. The summed E-state index contributed by atoms with van der Waals surface area (Å²) in [6.45, 7) is 0.209. The SMILES string of the molecule is O=C1[C@H]2[C@H](C(=O)N1CNc1ccccn1)[C@H]1C=C[C@H]2C1. The molecule has 2 heterocycles. The molecule has 1 aromatic heterocycles. The first-order valence-corrected chi connectivity index (χ1v) is 6.94. The maximum Gasteiger partial charge on any atom is 0.235 e. The lowest BCUT2D eigenvalue weighted by Gasteiger charge is -2.17. The molecular weight excluding hydrogens is 254 g/mol. The number of carbonyl (C=O) groups is 2. The Balaban J connectivity index is 1.51. The first kappa shape index (κ1) is 11.6. The second-order valence-electron chi connectivity index (χ2n) is 5.65. The molecule has 0 aromatic carbocycles. The Morgan fingerprint density at radius 2 is 1.85 bits per heavy atom. The van der Waals surface area contributed by atoms with Crippen LogP contribution in [0.5, 0.6) is 0 Å². The topological polar surface area (TPSA) is 62.3 Å². The van der Waals surface area contributed by atoms with E-state index in [9.17, 15) is 9.59 Å². The van der Waals surface area contributed by atoms with Gasteiger partial charge in [0.15, 0.2) is 0 Å². The molecule has 2 fully saturated rings. The molecule has 4 atom stereocenters. The Bertz CT molecular complexity index is 568. The monoisotopic (exact) mass is 269 g/mol. The highest BCUT2D eigenvalue weighted by Crippen LogP contribution is 2.52. The van der Waals surface area contributed by atoms with E-state index in [1.165, 1.54) is 4.90 Å². The summed E-state index contributed by atoms with van der Waals surface area (Å²) in [6, 6.07) is 5.50. The van der Waals surface area contributed by atoms with Gasteiger partial charge in [-0.3, -0.25) is 14.5 Å². The van der Waals surface area contributed by atoms with Gasteiger partial charge < -0.3 is 5.32 Å². The Hall–Kier alpha value is -2.17. The third-order valence-corrected chi connectivity index (χ3v) is 4.64. The van der Waals surface area contributed by atoms with Crippen molar-refractivity contribution in [3.05, 3.63) is 36.5 Å². The molecule has 1 saturated carbocycles. The van der Waals surface area contributed by atoms with Gasteiger partial charge in [-0.15, -0.1) is 0 Å². The summed E-state index contributed by atoms with van der Waals surface area (Å²) in [6.07, 6.45) is 6.85. The predicted molar refractivity (Wildman–Crippen MR) is 72.3 cm³/mol. The van der Waals surface area contributed by atoms with Crippen molar-refractivity contribution < 1.29 is 9.59 Å². The molecule has 0 radical (unpaired) electrons. The third kappa shape index (κ3) is 1.52. The van der Waals surface area contributed by atoms with E-state index in [0.29, 0.717) is 5.82 Å². The number of fused-ring (bicyclic) bond motifs is 5. The molecule has 102 valence electrons. The largest absolute Gasteiger partial charge is 0.352 e. The second kappa shape index (κ2) is 4.16. The van der Waals surface area contributed by atoms with Crippen LogP contribution in [0.2, 0.25) is 0 Å². The number of imide groups is 1. The van der Waals surface area contributed by atoms with Crippen LogP contribution >= 0.6 is 0 Å². The van der Waals surface area contributed by atoms with Crippen molar-refractivity contribution in [2.45, 2.75) is 6.42 Å². The number of allylic oxidation sites excluding steroid dienone is 2. The van der Waals surface area contributed by atoms with Crippen LogP contribution in [0, 0.1) is 23.7 Å². The fraction of sp³-hybridized carbons (Fsp3) is 0.400. The average Bonchev–Trinajstić information content (AvgIpc) is 3.13. The Labute approximate surface area is 116 Å². The van der Waals surface area contributed by atoms with Crippen LogP contribution in [0.4, 0.5) is 5.82 Å². The van der Waals surface area contributed by atoms with E-state index in [-0.39, 0.29) is 42.2 Å². The Morgan fingerprint density at radius 1 is 1.15 bits per heavy atom. The quantitative estimate of drug-likeness (QED) is 0.663. The van der Waals surface area contributed by atoms with Crippen molar-refractivity contribution in [1.82, 2.24) is 9.88 Å². The molecule has 5 heteroatoms. The molecule has 1 N–H and O–H groups in total. The van der Waals surface area contributed by atoms with Gasteiger partial charge >= 0.3 is 0 Å². The van der Waals surface area contributed by atoms with Crippen molar-refractivity contribution in [1.29, 1.82) is 0 Å². The summed E-state index contributed by atoms with van der Waals surface area (Å²) < 4.78 is 0. The van der Waals surface area contributed by atoms with E-state index in [1.54, 1.807) is 6.20 Å².